The highest BCUT2D eigenvalue weighted by molar-refractivity contribution is 6.05. The van der Waals surface area contributed by atoms with Gasteiger partial charge in [0.15, 0.2) is 0 Å². The number of hydrogen-bond acceptors (Lipinski definition) is 4. The van der Waals surface area contributed by atoms with E-state index in [-0.39, 0.29) is 5.91 Å². The Balaban J connectivity index is 1.74. The maximum absolute atomic E-state index is 12.9. The van der Waals surface area contributed by atoms with Crippen molar-refractivity contribution in [1.29, 1.82) is 0 Å². The first kappa shape index (κ1) is 12.9. The summed E-state index contributed by atoms with van der Waals surface area (Å²) in [4.78, 5) is 27.5. The van der Waals surface area contributed by atoms with Gasteiger partial charge in [-0.3, -0.25) is 9.78 Å². The van der Waals surface area contributed by atoms with E-state index in [4.69, 9.17) is 0 Å². The van der Waals surface area contributed by atoms with E-state index >= 15 is 0 Å². The van der Waals surface area contributed by atoms with E-state index in [1.54, 1.807) is 11.1 Å². The predicted molar refractivity (Wildman–Crippen MR) is 82.1 cm³/mol. The average Bonchev–Trinajstić information content (AvgIpc) is 2.97. The quantitative estimate of drug-likeness (QED) is 0.691. The van der Waals surface area contributed by atoms with Crippen molar-refractivity contribution >= 4 is 16.8 Å². The molecule has 5 heteroatoms. The van der Waals surface area contributed by atoms with Gasteiger partial charge >= 0.3 is 0 Å². The summed E-state index contributed by atoms with van der Waals surface area (Å²) in [5, 5.41) is 0.980. The molecule has 2 aromatic heterocycles. The first-order valence-electron chi connectivity index (χ1n) is 7.16. The van der Waals surface area contributed by atoms with Crippen molar-refractivity contribution in [3.8, 4) is 0 Å². The third-order valence-electron chi connectivity index (χ3n) is 3.96. The number of nitrogens with zero attached hydrogens (tertiary/aromatic N) is 4. The molecule has 108 valence electrons. The molecule has 1 aliphatic heterocycles. The SMILES string of the molecule is Cc1ccc2cccc(C(=O)N3Cc4cncnc4C3)c2n1. The molecule has 1 amide bonds. The highest BCUT2D eigenvalue weighted by Crippen LogP contribution is 2.24. The molecule has 0 bridgehead atoms. The fourth-order valence-corrected chi connectivity index (χ4v) is 2.83. The third-order valence-corrected chi connectivity index (χ3v) is 3.96. The molecule has 0 atom stereocenters. The van der Waals surface area contributed by atoms with E-state index in [0.717, 1.165) is 27.9 Å². The van der Waals surface area contributed by atoms with Crippen molar-refractivity contribution in [3.05, 3.63) is 65.4 Å². The molecule has 22 heavy (non-hydrogen) atoms. The van der Waals surface area contributed by atoms with Crippen molar-refractivity contribution in [2.24, 2.45) is 0 Å². The number of rotatable bonds is 1. The van der Waals surface area contributed by atoms with Crippen LogP contribution < -0.4 is 0 Å². The second-order valence-corrected chi connectivity index (χ2v) is 5.49. The van der Waals surface area contributed by atoms with Crippen LogP contribution in [0.25, 0.3) is 10.9 Å². The lowest BCUT2D eigenvalue weighted by Crippen LogP contribution is -2.25. The van der Waals surface area contributed by atoms with E-state index in [1.807, 2.05) is 37.3 Å². The second-order valence-electron chi connectivity index (χ2n) is 5.49. The Labute approximate surface area is 127 Å². The number of carbonyl (C=O) groups is 1. The first-order chi connectivity index (χ1) is 10.7. The smallest absolute Gasteiger partial charge is 0.256 e. The van der Waals surface area contributed by atoms with Gasteiger partial charge in [0.2, 0.25) is 0 Å². The third kappa shape index (κ3) is 2.02. The molecule has 0 radical (unpaired) electrons. The topological polar surface area (TPSA) is 59.0 Å². The van der Waals surface area contributed by atoms with Crippen LogP contribution in [0.2, 0.25) is 0 Å². The minimum atomic E-state index is -0.0123. The summed E-state index contributed by atoms with van der Waals surface area (Å²) in [6, 6.07) is 9.67. The molecule has 1 aromatic carbocycles. The molecule has 3 aromatic rings. The van der Waals surface area contributed by atoms with E-state index < -0.39 is 0 Å². The molecule has 5 nitrogen and oxygen atoms in total. The fraction of sp³-hybridized carbons (Fsp3) is 0.176. The fourth-order valence-electron chi connectivity index (χ4n) is 2.83. The average molecular weight is 290 g/mol. The van der Waals surface area contributed by atoms with Gasteiger partial charge in [0.1, 0.15) is 6.33 Å². The van der Waals surface area contributed by atoms with Crippen LogP contribution in [0, 0.1) is 6.92 Å². The van der Waals surface area contributed by atoms with Gasteiger partial charge in [-0.05, 0) is 19.1 Å². The summed E-state index contributed by atoms with van der Waals surface area (Å²) >= 11 is 0. The second kappa shape index (κ2) is 4.87. The number of pyridine rings is 1. The number of hydrogen-bond donors (Lipinski definition) is 0. The normalized spacial score (nSPS) is 13.4. The number of carbonyl (C=O) groups excluding carboxylic acids is 1. The highest BCUT2D eigenvalue weighted by atomic mass is 16.2. The van der Waals surface area contributed by atoms with Crippen molar-refractivity contribution in [2.45, 2.75) is 20.0 Å². The zero-order chi connectivity index (χ0) is 15.1. The van der Waals surface area contributed by atoms with Gasteiger partial charge in [0, 0.05) is 29.4 Å². The summed E-state index contributed by atoms with van der Waals surface area (Å²) in [6.45, 7) is 3.01. The molecule has 0 unspecified atom stereocenters. The van der Waals surface area contributed by atoms with Crippen molar-refractivity contribution < 1.29 is 4.79 Å². The summed E-state index contributed by atoms with van der Waals surface area (Å²) < 4.78 is 0. The van der Waals surface area contributed by atoms with Crippen molar-refractivity contribution in [3.63, 3.8) is 0 Å². The highest BCUT2D eigenvalue weighted by Gasteiger charge is 2.26. The monoisotopic (exact) mass is 290 g/mol. The Morgan fingerprint density at radius 1 is 1.18 bits per heavy atom. The lowest BCUT2D eigenvalue weighted by molar-refractivity contribution is 0.0752. The molecule has 0 aliphatic carbocycles. The summed E-state index contributed by atoms with van der Waals surface area (Å²) in [7, 11) is 0. The lowest BCUT2D eigenvalue weighted by Gasteiger charge is -2.16. The number of fused-ring (bicyclic) bond motifs is 2. The number of benzene rings is 1. The van der Waals surface area contributed by atoms with Crippen molar-refractivity contribution in [2.75, 3.05) is 0 Å². The van der Waals surface area contributed by atoms with Gasteiger partial charge in [-0.1, -0.05) is 18.2 Å². The minimum Gasteiger partial charge on any atom is -0.328 e. The molecule has 0 spiro atoms. The van der Waals surface area contributed by atoms with Crippen LogP contribution >= 0.6 is 0 Å². The van der Waals surface area contributed by atoms with Crippen LogP contribution in [0.1, 0.15) is 27.3 Å². The number of aryl methyl sites for hydroxylation is 1. The zero-order valence-electron chi connectivity index (χ0n) is 12.2. The van der Waals surface area contributed by atoms with Crippen LogP contribution in [0.3, 0.4) is 0 Å². The Hall–Kier alpha value is -2.82. The van der Waals surface area contributed by atoms with Gasteiger partial charge in [0.05, 0.1) is 23.3 Å². The molecule has 0 fully saturated rings. The van der Waals surface area contributed by atoms with Gasteiger partial charge < -0.3 is 4.90 Å². The molecule has 3 heterocycles. The van der Waals surface area contributed by atoms with Crippen LogP contribution in [0.5, 0.6) is 0 Å². The molecule has 4 rings (SSSR count). The summed E-state index contributed by atoms with van der Waals surface area (Å²) in [6.07, 6.45) is 3.30. The van der Waals surface area contributed by atoms with E-state index in [0.29, 0.717) is 18.7 Å². The predicted octanol–water partition coefficient (Wildman–Crippen LogP) is 2.49. The minimum absolute atomic E-state index is 0.0123. The van der Waals surface area contributed by atoms with Gasteiger partial charge in [-0.25, -0.2) is 9.97 Å². The van der Waals surface area contributed by atoms with E-state index in [1.165, 1.54) is 6.33 Å². The van der Waals surface area contributed by atoms with Gasteiger partial charge in [0.25, 0.3) is 5.91 Å². The van der Waals surface area contributed by atoms with E-state index in [9.17, 15) is 4.79 Å². The van der Waals surface area contributed by atoms with Crippen LogP contribution in [-0.4, -0.2) is 25.8 Å². The molecule has 0 saturated carbocycles. The van der Waals surface area contributed by atoms with Crippen LogP contribution in [0.15, 0.2) is 42.9 Å². The Morgan fingerprint density at radius 2 is 2.09 bits per heavy atom. The maximum atomic E-state index is 12.9. The number of amides is 1. The Bertz CT molecular complexity index is 866. The van der Waals surface area contributed by atoms with Gasteiger partial charge in [-0.15, -0.1) is 0 Å². The number of aromatic nitrogens is 3. The summed E-state index contributed by atoms with van der Waals surface area (Å²) in [5.74, 6) is -0.0123. The lowest BCUT2D eigenvalue weighted by atomic mass is 10.1. The molecular weight excluding hydrogens is 276 g/mol. The van der Waals surface area contributed by atoms with Crippen LogP contribution in [0.4, 0.5) is 0 Å². The number of para-hydroxylation sites is 1. The summed E-state index contributed by atoms with van der Waals surface area (Å²) in [5.41, 5.74) is 4.24. The zero-order valence-corrected chi connectivity index (χ0v) is 12.2. The largest absolute Gasteiger partial charge is 0.328 e. The maximum Gasteiger partial charge on any atom is 0.256 e. The van der Waals surface area contributed by atoms with Gasteiger partial charge in [-0.2, -0.15) is 0 Å². The van der Waals surface area contributed by atoms with Crippen molar-refractivity contribution in [1.82, 2.24) is 19.9 Å². The molecule has 1 aliphatic rings. The van der Waals surface area contributed by atoms with E-state index in [2.05, 4.69) is 15.0 Å². The standard InChI is InChI=1S/C17H14N4O/c1-11-5-6-12-3-2-4-14(16(12)20-11)17(22)21-8-13-7-18-10-19-15(13)9-21/h2-7,10H,8-9H2,1H3. The Kier molecular flexibility index (Phi) is 2.85. The molecular formula is C17H14N4O. The van der Waals surface area contributed by atoms with Crippen LogP contribution in [-0.2, 0) is 13.1 Å². The Morgan fingerprint density at radius 3 is 2.95 bits per heavy atom. The molecule has 0 N–H and O–H groups in total. The molecule has 0 saturated heterocycles. The first-order valence-corrected chi connectivity index (χ1v) is 7.16.